The third-order valence-electron chi connectivity index (χ3n) is 3.33. The highest BCUT2D eigenvalue weighted by Gasteiger charge is 2.08. The average molecular weight is 256 g/mol. The lowest BCUT2D eigenvalue weighted by Gasteiger charge is -2.19. The summed E-state index contributed by atoms with van der Waals surface area (Å²) in [5.41, 5.74) is 3.29. The number of nitrogens with zero attached hydrogens (tertiary/aromatic N) is 2. The lowest BCUT2D eigenvalue weighted by Crippen LogP contribution is -2.11. The molecule has 0 fully saturated rings. The number of anilines is 2. The van der Waals surface area contributed by atoms with Crippen molar-refractivity contribution in [3.63, 3.8) is 0 Å². The summed E-state index contributed by atoms with van der Waals surface area (Å²) in [5, 5.41) is 9.62. The second kappa shape index (κ2) is 5.85. The summed E-state index contributed by atoms with van der Waals surface area (Å²) in [6.45, 7) is 3.90. The first-order valence-electron chi connectivity index (χ1n) is 6.58. The molecule has 3 heteroatoms. The molecule has 1 N–H and O–H groups in total. The fraction of sp³-hybridized carbons (Fsp3) is 0.312. The molecule has 1 atom stereocenters. The molecule has 2 aromatic rings. The summed E-state index contributed by atoms with van der Waals surface area (Å²) in [6, 6.07) is 12.2. The number of hydrogen-bond donors (Lipinski definition) is 1. The smallest absolute Gasteiger partial charge is 0.133 e. The number of aliphatic hydroxyl groups is 1. The van der Waals surface area contributed by atoms with Crippen LogP contribution in [-0.4, -0.2) is 17.1 Å². The van der Waals surface area contributed by atoms with E-state index in [1.54, 1.807) is 13.1 Å². The minimum absolute atomic E-state index is 0.474. The standard InChI is InChI=1S/C16H20N2O/c1-4-13-5-7-15(8-6-13)18(3)16-11-14(12(2)19)9-10-17-16/h5-12,19H,4H2,1-3H3. The van der Waals surface area contributed by atoms with Crippen LogP contribution in [0, 0.1) is 0 Å². The van der Waals surface area contributed by atoms with Gasteiger partial charge in [-0.15, -0.1) is 0 Å². The predicted molar refractivity (Wildman–Crippen MR) is 78.8 cm³/mol. The maximum absolute atomic E-state index is 9.62. The van der Waals surface area contributed by atoms with E-state index in [0.29, 0.717) is 0 Å². The first-order valence-corrected chi connectivity index (χ1v) is 6.58. The summed E-state index contributed by atoms with van der Waals surface area (Å²) in [6.07, 6.45) is 2.30. The highest BCUT2D eigenvalue weighted by molar-refractivity contribution is 5.59. The van der Waals surface area contributed by atoms with Crippen LogP contribution in [0.25, 0.3) is 0 Å². The van der Waals surface area contributed by atoms with Crippen LogP contribution in [-0.2, 0) is 6.42 Å². The van der Waals surface area contributed by atoms with Gasteiger partial charge in [0.1, 0.15) is 5.82 Å². The molecule has 100 valence electrons. The fourth-order valence-corrected chi connectivity index (χ4v) is 1.96. The van der Waals surface area contributed by atoms with Gasteiger partial charge in [-0.1, -0.05) is 19.1 Å². The van der Waals surface area contributed by atoms with Crippen molar-refractivity contribution in [2.24, 2.45) is 0 Å². The van der Waals surface area contributed by atoms with E-state index in [4.69, 9.17) is 0 Å². The number of hydrogen-bond acceptors (Lipinski definition) is 3. The molecule has 2 rings (SSSR count). The van der Waals surface area contributed by atoms with Gasteiger partial charge in [0, 0.05) is 18.9 Å². The summed E-state index contributed by atoms with van der Waals surface area (Å²) in [5.74, 6) is 0.836. The Labute approximate surface area is 114 Å². The van der Waals surface area contributed by atoms with Crippen molar-refractivity contribution in [2.45, 2.75) is 26.4 Å². The number of aliphatic hydroxyl groups excluding tert-OH is 1. The minimum Gasteiger partial charge on any atom is -0.389 e. The van der Waals surface area contributed by atoms with E-state index in [2.05, 4.69) is 36.2 Å². The van der Waals surface area contributed by atoms with Crippen molar-refractivity contribution in [1.82, 2.24) is 4.98 Å². The van der Waals surface area contributed by atoms with E-state index in [1.165, 1.54) is 5.56 Å². The summed E-state index contributed by atoms with van der Waals surface area (Å²) in [7, 11) is 1.98. The molecule has 0 spiro atoms. The molecule has 1 aromatic carbocycles. The Hall–Kier alpha value is -1.87. The lowest BCUT2D eigenvalue weighted by atomic mass is 10.1. The van der Waals surface area contributed by atoms with Crippen LogP contribution in [0.5, 0.6) is 0 Å². The Morgan fingerprint density at radius 2 is 1.89 bits per heavy atom. The Morgan fingerprint density at radius 1 is 1.21 bits per heavy atom. The van der Waals surface area contributed by atoms with Crippen LogP contribution in [0.1, 0.15) is 31.1 Å². The van der Waals surface area contributed by atoms with Gasteiger partial charge in [-0.05, 0) is 48.7 Å². The minimum atomic E-state index is -0.474. The Morgan fingerprint density at radius 3 is 2.47 bits per heavy atom. The zero-order chi connectivity index (χ0) is 13.8. The molecule has 0 amide bonds. The van der Waals surface area contributed by atoms with Gasteiger partial charge in [0.2, 0.25) is 0 Å². The molecule has 19 heavy (non-hydrogen) atoms. The molecular weight excluding hydrogens is 236 g/mol. The van der Waals surface area contributed by atoms with Crippen molar-refractivity contribution < 1.29 is 5.11 Å². The van der Waals surface area contributed by atoms with Crippen molar-refractivity contribution in [1.29, 1.82) is 0 Å². The molecule has 0 aliphatic rings. The Kier molecular flexibility index (Phi) is 4.17. The fourth-order valence-electron chi connectivity index (χ4n) is 1.96. The SMILES string of the molecule is CCc1ccc(N(C)c2cc(C(C)O)ccn2)cc1. The first kappa shape index (κ1) is 13.6. The normalized spacial score (nSPS) is 12.2. The van der Waals surface area contributed by atoms with E-state index in [-0.39, 0.29) is 0 Å². The Balaban J connectivity index is 2.27. The summed E-state index contributed by atoms with van der Waals surface area (Å²) >= 11 is 0. The Bertz CT molecular complexity index is 535. The van der Waals surface area contributed by atoms with Gasteiger partial charge in [0.05, 0.1) is 6.10 Å². The van der Waals surface area contributed by atoms with Gasteiger partial charge < -0.3 is 10.0 Å². The van der Waals surface area contributed by atoms with Gasteiger partial charge in [-0.25, -0.2) is 4.98 Å². The van der Waals surface area contributed by atoms with Crippen molar-refractivity contribution in [3.8, 4) is 0 Å². The highest BCUT2D eigenvalue weighted by atomic mass is 16.3. The van der Waals surface area contributed by atoms with Crippen molar-refractivity contribution in [2.75, 3.05) is 11.9 Å². The van der Waals surface area contributed by atoms with Crippen LogP contribution in [0.2, 0.25) is 0 Å². The molecule has 3 nitrogen and oxygen atoms in total. The second-order valence-electron chi connectivity index (χ2n) is 4.70. The van der Waals surface area contributed by atoms with Crippen molar-refractivity contribution in [3.05, 3.63) is 53.7 Å². The number of aryl methyl sites for hydroxylation is 1. The first-order chi connectivity index (χ1) is 9.11. The largest absolute Gasteiger partial charge is 0.389 e. The highest BCUT2D eigenvalue weighted by Crippen LogP contribution is 2.24. The number of benzene rings is 1. The van der Waals surface area contributed by atoms with Gasteiger partial charge in [0.15, 0.2) is 0 Å². The molecule has 1 aromatic heterocycles. The van der Waals surface area contributed by atoms with E-state index < -0.39 is 6.10 Å². The van der Waals surface area contributed by atoms with E-state index >= 15 is 0 Å². The van der Waals surface area contributed by atoms with Crippen LogP contribution in [0.15, 0.2) is 42.6 Å². The summed E-state index contributed by atoms with van der Waals surface area (Å²) in [4.78, 5) is 6.37. The summed E-state index contributed by atoms with van der Waals surface area (Å²) < 4.78 is 0. The molecule has 1 unspecified atom stereocenters. The molecular formula is C16H20N2O. The molecule has 0 aliphatic heterocycles. The molecule has 0 saturated carbocycles. The monoisotopic (exact) mass is 256 g/mol. The van der Waals surface area contributed by atoms with Crippen LogP contribution >= 0.6 is 0 Å². The maximum Gasteiger partial charge on any atom is 0.133 e. The number of rotatable bonds is 4. The third-order valence-corrected chi connectivity index (χ3v) is 3.33. The van der Waals surface area contributed by atoms with E-state index in [0.717, 1.165) is 23.5 Å². The van der Waals surface area contributed by atoms with Crippen molar-refractivity contribution >= 4 is 11.5 Å². The van der Waals surface area contributed by atoms with Crippen LogP contribution in [0.3, 0.4) is 0 Å². The zero-order valence-electron chi connectivity index (χ0n) is 11.7. The quantitative estimate of drug-likeness (QED) is 0.910. The van der Waals surface area contributed by atoms with Gasteiger partial charge in [-0.2, -0.15) is 0 Å². The number of aromatic nitrogens is 1. The molecule has 0 radical (unpaired) electrons. The average Bonchev–Trinajstić information content (AvgIpc) is 2.46. The van der Waals surface area contributed by atoms with Gasteiger partial charge in [-0.3, -0.25) is 0 Å². The van der Waals surface area contributed by atoms with E-state index in [1.807, 2.05) is 24.1 Å². The lowest BCUT2D eigenvalue weighted by molar-refractivity contribution is 0.199. The molecule has 0 saturated heterocycles. The second-order valence-corrected chi connectivity index (χ2v) is 4.70. The number of pyridine rings is 1. The maximum atomic E-state index is 9.62. The predicted octanol–water partition coefficient (Wildman–Crippen LogP) is 3.47. The van der Waals surface area contributed by atoms with Crippen LogP contribution < -0.4 is 4.90 Å². The van der Waals surface area contributed by atoms with E-state index in [9.17, 15) is 5.11 Å². The zero-order valence-corrected chi connectivity index (χ0v) is 11.7. The van der Waals surface area contributed by atoms with Gasteiger partial charge >= 0.3 is 0 Å². The van der Waals surface area contributed by atoms with Gasteiger partial charge in [0.25, 0.3) is 0 Å². The third kappa shape index (κ3) is 3.12. The molecule has 1 heterocycles. The molecule has 0 aliphatic carbocycles. The van der Waals surface area contributed by atoms with Crippen LogP contribution in [0.4, 0.5) is 11.5 Å². The molecule has 0 bridgehead atoms. The topological polar surface area (TPSA) is 36.4 Å².